The summed E-state index contributed by atoms with van der Waals surface area (Å²) in [7, 11) is 1.36. The average Bonchev–Trinajstić information content (AvgIpc) is 3.53. The van der Waals surface area contributed by atoms with E-state index in [2.05, 4.69) is 10.1 Å². The van der Waals surface area contributed by atoms with Crippen molar-refractivity contribution in [2.75, 3.05) is 12.4 Å². The summed E-state index contributed by atoms with van der Waals surface area (Å²) in [6.07, 6.45) is 1.75. The topological polar surface area (TPSA) is 74.6 Å². The molecule has 2 aromatic rings. The third-order valence-electron chi connectivity index (χ3n) is 4.38. The number of nitrogens with one attached hydrogen (secondary N) is 1. The van der Waals surface area contributed by atoms with Gasteiger partial charge in [0.1, 0.15) is 6.07 Å². The maximum atomic E-state index is 12.8. The van der Waals surface area contributed by atoms with Gasteiger partial charge in [-0.3, -0.25) is 0 Å². The first-order chi connectivity index (χ1) is 13.9. The summed E-state index contributed by atoms with van der Waals surface area (Å²) in [5, 5.41) is 12.2. The second kappa shape index (κ2) is 8.97. The standard InChI is InChI=1S/C20H18ClF2N3O3/c1-28-18-8-12(2-7-17(18)29-19(22)23)11-26(15-4-5-15)20(27)25-14-3-6-16(21)13(9-14)10-24/h2-3,6-9,15,19H,4-5,11H2,1H3,(H,25,27). The van der Waals surface area contributed by atoms with Crippen LogP contribution in [-0.2, 0) is 6.54 Å². The van der Waals surface area contributed by atoms with Crippen LogP contribution in [0.25, 0.3) is 0 Å². The molecule has 0 atom stereocenters. The zero-order chi connectivity index (χ0) is 21.0. The van der Waals surface area contributed by atoms with Crippen molar-refractivity contribution in [3.8, 4) is 17.6 Å². The number of benzene rings is 2. The number of hydrogen-bond acceptors (Lipinski definition) is 4. The fourth-order valence-corrected chi connectivity index (χ4v) is 3.00. The molecular formula is C20H18ClF2N3O3. The monoisotopic (exact) mass is 421 g/mol. The maximum absolute atomic E-state index is 12.8. The molecule has 0 spiro atoms. The smallest absolute Gasteiger partial charge is 0.387 e. The largest absolute Gasteiger partial charge is 0.493 e. The van der Waals surface area contributed by atoms with Crippen molar-refractivity contribution >= 4 is 23.3 Å². The van der Waals surface area contributed by atoms with E-state index in [1.165, 1.54) is 19.2 Å². The molecule has 2 amide bonds. The number of nitrogens with zero attached hydrogens (tertiary/aromatic N) is 2. The van der Waals surface area contributed by atoms with Crippen LogP contribution in [-0.4, -0.2) is 30.7 Å². The highest BCUT2D eigenvalue weighted by atomic mass is 35.5. The van der Waals surface area contributed by atoms with E-state index in [9.17, 15) is 13.6 Å². The van der Waals surface area contributed by atoms with Crippen LogP contribution in [0.3, 0.4) is 0 Å². The van der Waals surface area contributed by atoms with Gasteiger partial charge in [-0.05, 0) is 48.7 Å². The SMILES string of the molecule is COc1cc(CN(C(=O)Nc2ccc(Cl)c(C#N)c2)C2CC2)ccc1OC(F)F. The highest BCUT2D eigenvalue weighted by Gasteiger charge is 2.33. The summed E-state index contributed by atoms with van der Waals surface area (Å²) in [5.74, 6) is 0.0918. The number of rotatable bonds is 7. The van der Waals surface area contributed by atoms with E-state index in [4.69, 9.17) is 21.6 Å². The zero-order valence-corrected chi connectivity index (χ0v) is 16.2. The van der Waals surface area contributed by atoms with Gasteiger partial charge in [0, 0.05) is 18.3 Å². The molecule has 1 aliphatic carbocycles. The Morgan fingerprint density at radius 1 is 1.31 bits per heavy atom. The molecule has 0 bridgehead atoms. The molecule has 0 saturated heterocycles. The van der Waals surface area contributed by atoms with Crippen LogP contribution in [0.15, 0.2) is 36.4 Å². The highest BCUT2D eigenvalue weighted by Crippen LogP contribution is 2.33. The highest BCUT2D eigenvalue weighted by molar-refractivity contribution is 6.31. The minimum atomic E-state index is -2.96. The van der Waals surface area contributed by atoms with Crippen LogP contribution in [0, 0.1) is 11.3 Å². The number of hydrogen-bond donors (Lipinski definition) is 1. The van der Waals surface area contributed by atoms with E-state index in [0.29, 0.717) is 16.3 Å². The van der Waals surface area contributed by atoms with Crippen molar-refractivity contribution in [2.24, 2.45) is 0 Å². The number of halogens is 3. The summed E-state index contributed by atoms with van der Waals surface area (Å²) >= 11 is 5.92. The summed E-state index contributed by atoms with van der Waals surface area (Å²) in [5.41, 5.74) is 1.43. The molecule has 1 fully saturated rings. The van der Waals surface area contributed by atoms with Crippen molar-refractivity contribution in [2.45, 2.75) is 32.0 Å². The minimum absolute atomic E-state index is 0.0705. The molecule has 0 radical (unpaired) electrons. The fourth-order valence-electron chi connectivity index (χ4n) is 2.84. The van der Waals surface area contributed by atoms with Gasteiger partial charge in [-0.15, -0.1) is 0 Å². The molecule has 0 aliphatic heterocycles. The Labute approximate surface area is 171 Å². The number of methoxy groups -OCH3 is 1. The molecule has 1 saturated carbocycles. The van der Waals surface area contributed by atoms with Crippen molar-refractivity contribution in [1.29, 1.82) is 5.26 Å². The summed E-state index contributed by atoms with van der Waals surface area (Å²) in [6.45, 7) is -2.69. The Kier molecular flexibility index (Phi) is 6.39. The third-order valence-corrected chi connectivity index (χ3v) is 4.71. The number of anilines is 1. The van der Waals surface area contributed by atoms with E-state index in [-0.39, 0.29) is 35.7 Å². The summed E-state index contributed by atoms with van der Waals surface area (Å²) in [4.78, 5) is 14.4. The molecule has 3 rings (SSSR count). The molecule has 2 aromatic carbocycles. The molecule has 0 heterocycles. The molecule has 29 heavy (non-hydrogen) atoms. The van der Waals surface area contributed by atoms with Crippen molar-refractivity contribution in [3.05, 3.63) is 52.5 Å². The normalized spacial score (nSPS) is 13.0. The van der Waals surface area contributed by atoms with Gasteiger partial charge in [0.25, 0.3) is 0 Å². The van der Waals surface area contributed by atoms with Crippen LogP contribution in [0.1, 0.15) is 24.0 Å². The van der Waals surface area contributed by atoms with Crippen molar-refractivity contribution in [3.63, 3.8) is 0 Å². The quantitative estimate of drug-likeness (QED) is 0.681. The van der Waals surface area contributed by atoms with Crippen LogP contribution >= 0.6 is 11.6 Å². The van der Waals surface area contributed by atoms with Gasteiger partial charge in [0.05, 0.1) is 17.7 Å². The lowest BCUT2D eigenvalue weighted by atomic mass is 10.2. The maximum Gasteiger partial charge on any atom is 0.387 e. The van der Waals surface area contributed by atoms with Gasteiger partial charge in [0.2, 0.25) is 0 Å². The number of nitriles is 1. The van der Waals surface area contributed by atoms with E-state index in [1.807, 2.05) is 6.07 Å². The predicted octanol–water partition coefficient (Wildman–Crippen LogP) is 5.02. The predicted molar refractivity (Wildman–Crippen MR) is 103 cm³/mol. The number of ether oxygens (including phenoxy) is 2. The Hall–Kier alpha value is -3.05. The second-order valence-electron chi connectivity index (χ2n) is 6.46. The molecule has 1 aliphatic rings. The van der Waals surface area contributed by atoms with E-state index in [1.54, 1.807) is 29.2 Å². The Balaban J connectivity index is 1.75. The third kappa shape index (κ3) is 5.27. The van der Waals surface area contributed by atoms with E-state index in [0.717, 1.165) is 12.8 Å². The van der Waals surface area contributed by atoms with E-state index >= 15 is 0 Å². The Morgan fingerprint density at radius 2 is 2.07 bits per heavy atom. The molecule has 6 nitrogen and oxygen atoms in total. The lowest BCUT2D eigenvalue weighted by Gasteiger charge is -2.23. The van der Waals surface area contributed by atoms with Gasteiger partial charge in [-0.25, -0.2) is 4.79 Å². The molecule has 152 valence electrons. The van der Waals surface area contributed by atoms with Crippen molar-refractivity contribution < 1.29 is 23.0 Å². The van der Waals surface area contributed by atoms with Crippen LogP contribution in [0.5, 0.6) is 11.5 Å². The first kappa shape index (κ1) is 20.7. The molecule has 9 heteroatoms. The average molecular weight is 422 g/mol. The molecular weight excluding hydrogens is 404 g/mol. The Morgan fingerprint density at radius 3 is 2.69 bits per heavy atom. The molecule has 0 unspecified atom stereocenters. The van der Waals surface area contributed by atoms with Crippen molar-refractivity contribution in [1.82, 2.24) is 4.90 Å². The summed E-state index contributed by atoms with van der Waals surface area (Å²) in [6, 6.07) is 11.0. The van der Waals surface area contributed by atoms with Crippen LogP contribution in [0.4, 0.5) is 19.3 Å². The lowest BCUT2D eigenvalue weighted by Crippen LogP contribution is -2.36. The van der Waals surface area contributed by atoms with Gasteiger partial charge in [-0.1, -0.05) is 17.7 Å². The van der Waals surface area contributed by atoms with Gasteiger partial charge >= 0.3 is 12.6 Å². The minimum Gasteiger partial charge on any atom is -0.493 e. The summed E-state index contributed by atoms with van der Waals surface area (Å²) < 4.78 is 34.5. The van der Waals surface area contributed by atoms with Gasteiger partial charge in [-0.2, -0.15) is 14.0 Å². The first-order valence-corrected chi connectivity index (χ1v) is 9.18. The zero-order valence-electron chi connectivity index (χ0n) is 15.5. The number of carbonyl (C=O) groups is 1. The van der Waals surface area contributed by atoms with Crippen LogP contribution < -0.4 is 14.8 Å². The van der Waals surface area contributed by atoms with E-state index < -0.39 is 6.61 Å². The lowest BCUT2D eigenvalue weighted by molar-refractivity contribution is -0.0512. The van der Waals surface area contributed by atoms with Gasteiger partial charge < -0.3 is 19.7 Å². The van der Waals surface area contributed by atoms with Crippen LogP contribution in [0.2, 0.25) is 5.02 Å². The number of urea groups is 1. The Bertz CT molecular complexity index is 945. The second-order valence-corrected chi connectivity index (χ2v) is 6.87. The fraction of sp³-hybridized carbons (Fsp3) is 0.300. The molecule has 1 N–H and O–H groups in total. The first-order valence-electron chi connectivity index (χ1n) is 8.80. The molecule has 0 aromatic heterocycles. The number of carbonyl (C=O) groups excluding carboxylic acids is 1. The van der Waals surface area contributed by atoms with Gasteiger partial charge in [0.15, 0.2) is 11.5 Å². The number of alkyl halides is 2. The number of amides is 2.